The van der Waals surface area contributed by atoms with E-state index in [2.05, 4.69) is 5.48 Å². The zero-order chi connectivity index (χ0) is 10.6. The molecular weight excluding hydrogens is 190 g/mol. The summed E-state index contributed by atoms with van der Waals surface area (Å²) in [6.45, 7) is 3.55. The lowest BCUT2D eigenvalue weighted by atomic mass is 9.83. The summed E-state index contributed by atoms with van der Waals surface area (Å²) in [4.78, 5) is 5.14. The molecule has 0 aromatic rings. The van der Waals surface area contributed by atoms with Gasteiger partial charge in [-0.05, 0) is 32.6 Å². The number of hydrogen-bond donors (Lipinski definition) is 1. The normalized spacial score (nSPS) is 29.8. The van der Waals surface area contributed by atoms with Crippen molar-refractivity contribution in [1.82, 2.24) is 5.48 Å². The SMILES string of the molecule is CCONCC1CCC2(CCCCC2)O1. The Morgan fingerprint density at radius 1 is 1.27 bits per heavy atom. The van der Waals surface area contributed by atoms with E-state index in [0.29, 0.717) is 6.10 Å². The van der Waals surface area contributed by atoms with Gasteiger partial charge >= 0.3 is 0 Å². The molecule has 1 saturated heterocycles. The van der Waals surface area contributed by atoms with E-state index in [1.165, 1.54) is 44.9 Å². The molecule has 1 aliphatic heterocycles. The number of hydrogen-bond acceptors (Lipinski definition) is 3. The highest BCUT2D eigenvalue weighted by molar-refractivity contribution is 4.91. The van der Waals surface area contributed by atoms with Crippen LogP contribution in [0.25, 0.3) is 0 Å². The minimum absolute atomic E-state index is 0.247. The molecule has 1 aliphatic carbocycles. The molecular formula is C12H23NO2. The molecule has 1 atom stereocenters. The summed E-state index contributed by atoms with van der Waals surface area (Å²) in [6.07, 6.45) is 9.47. The molecule has 15 heavy (non-hydrogen) atoms. The van der Waals surface area contributed by atoms with Crippen molar-refractivity contribution in [3.63, 3.8) is 0 Å². The minimum atomic E-state index is 0.247. The highest BCUT2D eigenvalue weighted by atomic mass is 16.6. The zero-order valence-corrected chi connectivity index (χ0v) is 9.76. The summed E-state index contributed by atoms with van der Waals surface area (Å²) in [7, 11) is 0. The average molecular weight is 213 g/mol. The number of nitrogens with one attached hydrogen (secondary N) is 1. The molecule has 0 bridgehead atoms. The monoisotopic (exact) mass is 213 g/mol. The molecule has 1 heterocycles. The molecule has 2 fully saturated rings. The minimum Gasteiger partial charge on any atom is -0.370 e. The molecule has 2 rings (SSSR count). The molecule has 88 valence electrons. The van der Waals surface area contributed by atoms with Crippen molar-refractivity contribution in [2.75, 3.05) is 13.2 Å². The maximum Gasteiger partial charge on any atom is 0.0731 e. The molecule has 1 N–H and O–H groups in total. The van der Waals surface area contributed by atoms with Gasteiger partial charge in [-0.2, -0.15) is 5.48 Å². The second kappa shape index (κ2) is 5.28. The standard InChI is InChI=1S/C12H23NO2/c1-2-14-13-10-11-6-9-12(15-11)7-4-3-5-8-12/h11,13H,2-10H2,1H3. The van der Waals surface area contributed by atoms with E-state index in [1.807, 2.05) is 6.92 Å². The van der Waals surface area contributed by atoms with Crippen molar-refractivity contribution in [2.45, 2.75) is 63.6 Å². The van der Waals surface area contributed by atoms with Crippen LogP contribution in [0.15, 0.2) is 0 Å². The number of ether oxygens (including phenoxy) is 1. The van der Waals surface area contributed by atoms with Crippen LogP contribution in [0.1, 0.15) is 51.9 Å². The molecule has 0 amide bonds. The predicted molar refractivity (Wildman–Crippen MR) is 59.6 cm³/mol. The van der Waals surface area contributed by atoms with Gasteiger partial charge in [0.05, 0.1) is 18.3 Å². The smallest absolute Gasteiger partial charge is 0.0731 e. The van der Waals surface area contributed by atoms with Gasteiger partial charge in [0.15, 0.2) is 0 Å². The Kier molecular flexibility index (Phi) is 4.00. The first-order valence-electron chi connectivity index (χ1n) is 6.37. The maximum absolute atomic E-state index is 6.19. The maximum atomic E-state index is 6.19. The summed E-state index contributed by atoms with van der Waals surface area (Å²) in [5.41, 5.74) is 3.22. The van der Waals surface area contributed by atoms with E-state index in [9.17, 15) is 0 Å². The fraction of sp³-hybridized carbons (Fsp3) is 1.00. The van der Waals surface area contributed by atoms with Gasteiger partial charge in [-0.1, -0.05) is 19.3 Å². The van der Waals surface area contributed by atoms with Crippen LogP contribution < -0.4 is 5.48 Å². The van der Waals surface area contributed by atoms with Gasteiger partial charge < -0.3 is 9.57 Å². The van der Waals surface area contributed by atoms with Crippen LogP contribution in [0, 0.1) is 0 Å². The Bertz CT molecular complexity index is 188. The third-order valence-corrected chi connectivity index (χ3v) is 3.66. The topological polar surface area (TPSA) is 30.5 Å². The summed E-state index contributed by atoms with van der Waals surface area (Å²) < 4.78 is 6.19. The van der Waals surface area contributed by atoms with Crippen LogP contribution >= 0.6 is 0 Å². The van der Waals surface area contributed by atoms with E-state index in [0.717, 1.165) is 13.2 Å². The molecule has 3 nitrogen and oxygen atoms in total. The summed E-state index contributed by atoms with van der Waals surface area (Å²) in [5.74, 6) is 0. The van der Waals surface area contributed by atoms with Crippen molar-refractivity contribution in [3.05, 3.63) is 0 Å². The van der Waals surface area contributed by atoms with Crippen LogP contribution in [-0.2, 0) is 9.57 Å². The summed E-state index contributed by atoms with van der Waals surface area (Å²) in [5, 5.41) is 0. The van der Waals surface area contributed by atoms with Gasteiger partial charge in [-0.3, -0.25) is 0 Å². The lowest BCUT2D eigenvalue weighted by Crippen LogP contribution is -2.34. The predicted octanol–water partition coefficient (Wildman–Crippen LogP) is 2.41. The molecule has 1 unspecified atom stereocenters. The molecule has 1 spiro atoms. The van der Waals surface area contributed by atoms with Gasteiger partial charge in [0.2, 0.25) is 0 Å². The Hall–Kier alpha value is -0.120. The fourth-order valence-corrected chi connectivity index (χ4v) is 2.86. The van der Waals surface area contributed by atoms with E-state index in [1.54, 1.807) is 0 Å². The Morgan fingerprint density at radius 3 is 2.80 bits per heavy atom. The van der Waals surface area contributed by atoms with Crippen LogP contribution in [0.4, 0.5) is 0 Å². The van der Waals surface area contributed by atoms with Crippen molar-refractivity contribution in [3.8, 4) is 0 Å². The number of hydroxylamine groups is 1. The van der Waals surface area contributed by atoms with Crippen LogP contribution in [0.5, 0.6) is 0 Å². The Balaban J connectivity index is 1.73. The second-order valence-corrected chi connectivity index (χ2v) is 4.80. The van der Waals surface area contributed by atoms with Gasteiger partial charge in [0.25, 0.3) is 0 Å². The molecule has 3 heteroatoms. The highest BCUT2D eigenvalue weighted by Gasteiger charge is 2.40. The summed E-state index contributed by atoms with van der Waals surface area (Å²) in [6, 6.07) is 0. The summed E-state index contributed by atoms with van der Waals surface area (Å²) >= 11 is 0. The molecule has 0 aromatic heterocycles. The first kappa shape index (κ1) is 11.4. The third kappa shape index (κ3) is 2.92. The van der Waals surface area contributed by atoms with Gasteiger partial charge in [-0.15, -0.1) is 0 Å². The second-order valence-electron chi connectivity index (χ2n) is 4.80. The molecule has 1 saturated carbocycles. The van der Waals surface area contributed by atoms with Crippen molar-refractivity contribution < 1.29 is 9.57 Å². The lowest BCUT2D eigenvalue weighted by Gasteiger charge is -2.33. The molecule has 2 aliphatic rings. The van der Waals surface area contributed by atoms with Crippen LogP contribution in [0.2, 0.25) is 0 Å². The van der Waals surface area contributed by atoms with Crippen molar-refractivity contribution in [1.29, 1.82) is 0 Å². The quantitative estimate of drug-likeness (QED) is 0.574. The molecule has 0 aromatic carbocycles. The van der Waals surface area contributed by atoms with E-state index in [4.69, 9.17) is 9.57 Å². The van der Waals surface area contributed by atoms with E-state index >= 15 is 0 Å². The van der Waals surface area contributed by atoms with Crippen molar-refractivity contribution in [2.24, 2.45) is 0 Å². The van der Waals surface area contributed by atoms with Crippen LogP contribution in [-0.4, -0.2) is 24.9 Å². The van der Waals surface area contributed by atoms with Gasteiger partial charge in [0, 0.05) is 6.54 Å². The van der Waals surface area contributed by atoms with Gasteiger partial charge in [-0.25, -0.2) is 0 Å². The van der Waals surface area contributed by atoms with Crippen molar-refractivity contribution >= 4 is 0 Å². The Morgan fingerprint density at radius 2 is 2.07 bits per heavy atom. The highest BCUT2D eigenvalue weighted by Crippen LogP contribution is 2.41. The average Bonchev–Trinajstić information content (AvgIpc) is 2.63. The first-order valence-corrected chi connectivity index (χ1v) is 6.37. The third-order valence-electron chi connectivity index (χ3n) is 3.66. The zero-order valence-electron chi connectivity index (χ0n) is 9.76. The van der Waals surface area contributed by atoms with Gasteiger partial charge in [0.1, 0.15) is 0 Å². The van der Waals surface area contributed by atoms with E-state index in [-0.39, 0.29) is 5.60 Å². The fourth-order valence-electron chi connectivity index (χ4n) is 2.86. The number of rotatable bonds is 4. The van der Waals surface area contributed by atoms with Crippen LogP contribution in [0.3, 0.4) is 0 Å². The lowest BCUT2D eigenvalue weighted by molar-refractivity contribution is -0.0767. The Labute approximate surface area is 92.5 Å². The first-order chi connectivity index (χ1) is 7.35. The largest absolute Gasteiger partial charge is 0.370 e. The van der Waals surface area contributed by atoms with E-state index < -0.39 is 0 Å². The molecule has 0 radical (unpaired) electrons.